The Morgan fingerprint density at radius 1 is 1.19 bits per heavy atom. The molecule has 0 unspecified atom stereocenters. The summed E-state index contributed by atoms with van der Waals surface area (Å²) in [5, 5.41) is 25.6. The number of aryl methyl sites for hydroxylation is 1. The highest BCUT2D eigenvalue weighted by Crippen LogP contribution is 2.20. The van der Waals surface area contributed by atoms with Gasteiger partial charge in [-0.05, 0) is 25.0 Å². The summed E-state index contributed by atoms with van der Waals surface area (Å²) in [5.41, 5.74) is 0.907. The summed E-state index contributed by atoms with van der Waals surface area (Å²) in [6.07, 6.45) is 5.13. The molecule has 0 radical (unpaired) electrons. The Balaban J connectivity index is 2.16. The van der Waals surface area contributed by atoms with E-state index < -0.39 is 5.97 Å². The topological polar surface area (TPSA) is 101 Å². The number of aliphatic hydroxyl groups is 1. The highest BCUT2D eigenvalue weighted by atomic mass is 16.4. The van der Waals surface area contributed by atoms with E-state index in [9.17, 15) is 9.90 Å². The lowest BCUT2D eigenvalue weighted by molar-refractivity contribution is 0.0691. The maximum atomic E-state index is 11.3. The molecule has 0 spiro atoms. The van der Waals surface area contributed by atoms with E-state index >= 15 is 0 Å². The second-order valence-corrected chi connectivity index (χ2v) is 4.67. The fourth-order valence-corrected chi connectivity index (χ4v) is 2.10. The molecule has 0 aromatic carbocycles. The van der Waals surface area contributed by atoms with Crippen molar-refractivity contribution >= 4 is 5.97 Å². The van der Waals surface area contributed by atoms with E-state index in [4.69, 9.17) is 5.11 Å². The van der Waals surface area contributed by atoms with Crippen LogP contribution < -0.4 is 0 Å². The van der Waals surface area contributed by atoms with Crippen molar-refractivity contribution in [2.75, 3.05) is 6.61 Å². The molecule has 2 N–H and O–H groups in total. The number of carboxylic acids is 1. The van der Waals surface area contributed by atoms with E-state index in [-0.39, 0.29) is 12.3 Å². The van der Waals surface area contributed by atoms with Gasteiger partial charge in [-0.3, -0.25) is 4.98 Å². The Morgan fingerprint density at radius 3 is 2.67 bits per heavy atom. The third-order valence-corrected chi connectivity index (χ3v) is 3.12. The SMILES string of the molecule is O=C(O)c1nnn(CCCCCCO)c1-c1ccccn1. The molecular formula is C14H18N4O3. The molecule has 0 saturated heterocycles. The summed E-state index contributed by atoms with van der Waals surface area (Å²) in [4.78, 5) is 15.4. The molecule has 0 saturated carbocycles. The fraction of sp³-hybridized carbons (Fsp3) is 0.429. The van der Waals surface area contributed by atoms with E-state index in [1.165, 1.54) is 0 Å². The van der Waals surface area contributed by atoms with Crippen LogP contribution >= 0.6 is 0 Å². The first-order chi connectivity index (χ1) is 10.2. The zero-order valence-corrected chi connectivity index (χ0v) is 11.6. The molecule has 0 atom stereocenters. The fourth-order valence-electron chi connectivity index (χ4n) is 2.10. The number of carboxylic acid groups (broad SMARTS) is 1. The molecule has 112 valence electrons. The van der Waals surface area contributed by atoms with Gasteiger partial charge < -0.3 is 10.2 Å². The number of hydrogen-bond donors (Lipinski definition) is 2. The first kappa shape index (κ1) is 15.1. The van der Waals surface area contributed by atoms with Crippen LogP contribution in [-0.4, -0.2) is 42.8 Å². The third kappa shape index (κ3) is 3.85. The van der Waals surface area contributed by atoms with Gasteiger partial charge in [0.25, 0.3) is 0 Å². The molecule has 0 aliphatic heterocycles. The molecule has 2 aromatic heterocycles. The van der Waals surface area contributed by atoms with Crippen molar-refractivity contribution in [3.8, 4) is 11.4 Å². The van der Waals surface area contributed by atoms with Crippen LogP contribution in [-0.2, 0) is 6.54 Å². The van der Waals surface area contributed by atoms with E-state index in [1.807, 2.05) is 0 Å². The van der Waals surface area contributed by atoms with Crippen LogP contribution in [0.4, 0.5) is 0 Å². The highest BCUT2D eigenvalue weighted by Gasteiger charge is 2.21. The number of aromatic carboxylic acids is 1. The first-order valence-electron chi connectivity index (χ1n) is 6.93. The maximum Gasteiger partial charge on any atom is 0.358 e. The number of hydrogen-bond acceptors (Lipinski definition) is 5. The molecule has 2 heterocycles. The number of aliphatic hydroxyl groups excluding tert-OH is 1. The van der Waals surface area contributed by atoms with Crippen LogP contribution in [0.1, 0.15) is 36.2 Å². The first-order valence-corrected chi connectivity index (χ1v) is 6.93. The van der Waals surface area contributed by atoms with E-state index in [2.05, 4.69) is 15.3 Å². The van der Waals surface area contributed by atoms with Crippen LogP contribution in [0.25, 0.3) is 11.4 Å². The van der Waals surface area contributed by atoms with Crippen molar-refractivity contribution in [1.82, 2.24) is 20.0 Å². The Bertz CT molecular complexity index is 583. The highest BCUT2D eigenvalue weighted by molar-refractivity contribution is 5.92. The lowest BCUT2D eigenvalue weighted by atomic mass is 10.2. The van der Waals surface area contributed by atoms with Crippen molar-refractivity contribution in [3.63, 3.8) is 0 Å². The molecule has 0 aliphatic carbocycles. The molecule has 21 heavy (non-hydrogen) atoms. The Labute approximate surface area is 122 Å². The standard InChI is InChI=1S/C14H18N4O3/c19-10-6-2-1-5-9-18-13(11-7-3-4-8-15-11)12(14(20)21)16-17-18/h3-4,7-8,19H,1-2,5-6,9-10H2,(H,20,21). The van der Waals surface area contributed by atoms with Crippen molar-refractivity contribution in [2.45, 2.75) is 32.2 Å². The number of nitrogens with zero attached hydrogens (tertiary/aromatic N) is 4. The summed E-state index contributed by atoms with van der Waals surface area (Å²) < 4.78 is 1.59. The average Bonchev–Trinajstić information content (AvgIpc) is 2.92. The number of pyridine rings is 1. The van der Waals surface area contributed by atoms with Gasteiger partial charge in [0.15, 0.2) is 5.69 Å². The quantitative estimate of drug-likeness (QED) is 0.716. The van der Waals surface area contributed by atoms with Gasteiger partial charge in [0.1, 0.15) is 5.69 Å². The average molecular weight is 290 g/mol. The molecule has 0 aliphatic rings. The minimum absolute atomic E-state index is 0.0796. The zero-order valence-electron chi connectivity index (χ0n) is 11.6. The van der Waals surface area contributed by atoms with Crippen LogP contribution in [0.5, 0.6) is 0 Å². The monoisotopic (exact) mass is 290 g/mol. The molecule has 0 bridgehead atoms. The molecular weight excluding hydrogens is 272 g/mol. The predicted octanol–water partition coefficient (Wildman–Crippen LogP) is 1.59. The van der Waals surface area contributed by atoms with Crippen molar-refractivity contribution < 1.29 is 15.0 Å². The summed E-state index contributed by atoms with van der Waals surface area (Å²) in [6, 6.07) is 5.31. The van der Waals surface area contributed by atoms with Gasteiger partial charge >= 0.3 is 5.97 Å². The summed E-state index contributed by atoms with van der Waals surface area (Å²) in [6.45, 7) is 0.781. The number of aromatic nitrogens is 4. The smallest absolute Gasteiger partial charge is 0.358 e. The largest absolute Gasteiger partial charge is 0.476 e. The van der Waals surface area contributed by atoms with Crippen LogP contribution in [0.15, 0.2) is 24.4 Å². The molecule has 0 amide bonds. The van der Waals surface area contributed by atoms with Crippen LogP contribution in [0.2, 0.25) is 0 Å². The second kappa shape index (κ2) is 7.49. The van der Waals surface area contributed by atoms with Crippen molar-refractivity contribution in [3.05, 3.63) is 30.1 Å². The van der Waals surface area contributed by atoms with Crippen molar-refractivity contribution in [2.24, 2.45) is 0 Å². The van der Waals surface area contributed by atoms with E-state index in [0.717, 1.165) is 25.7 Å². The molecule has 2 aromatic rings. The maximum absolute atomic E-state index is 11.3. The molecule has 7 nitrogen and oxygen atoms in total. The third-order valence-electron chi connectivity index (χ3n) is 3.12. The summed E-state index contributed by atoms with van der Waals surface area (Å²) >= 11 is 0. The van der Waals surface area contributed by atoms with Gasteiger partial charge in [0.05, 0.1) is 5.69 Å². The lowest BCUT2D eigenvalue weighted by Gasteiger charge is -2.06. The molecule has 0 fully saturated rings. The van der Waals surface area contributed by atoms with Gasteiger partial charge in [0.2, 0.25) is 0 Å². The zero-order chi connectivity index (χ0) is 15.1. The normalized spacial score (nSPS) is 10.7. The number of rotatable bonds is 8. The van der Waals surface area contributed by atoms with Gasteiger partial charge in [-0.2, -0.15) is 0 Å². The predicted molar refractivity (Wildman–Crippen MR) is 75.8 cm³/mol. The van der Waals surface area contributed by atoms with Gasteiger partial charge in [-0.25, -0.2) is 9.48 Å². The summed E-state index contributed by atoms with van der Waals surface area (Å²) in [7, 11) is 0. The van der Waals surface area contributed by atoms with Crippen LogP contribution in [0.3, 0.4) is 0 Å². The van der Waals surface area contributed by atoms with Gasteiger partial charge in [-0.1, -0.05) is 24.1 Å². The Morgan fingerprint density at radius 2 is 2.00 bits per heavy atom. The lowest BCUT2D eigenvalue weighted by Crippen LogP contribution is -2.06. The Kier molecular flexibility index (Phi) is 5.39. The Hall–Kier alpha value is -2.28. The molecule has 2 rings (SSSR count). The number of carbonyl (C=O) groups is 1. The minimum Gasteiger partial charge on any atom is -0.476 e. The second-order valence-electron chi connectivity index (χ2n) is 4.67. The van der Waals surface area contributed by atoms with Crippen LogP contribution in [0, 0.1) is 0 Å². The minimum atomic E-state index is -1.11. The van der Waals surface area contributed by atoms with Gasteiger partial charge in [0, 0.05) is 19.3 Å². The molecule has 7 heteroatoms. The van der Waals surface area contributed by atoms with E-state index in [0.29, 0.717) is 17.9 Å². The summed E-state index contributed by atoms with van der Waals surface area (Å²) in [5.74, 6) is -1.11. The van der Waals surface area contributed by atoms with E-state index in [1.54, 1.807) is 29.1 Å². The van der Waals surface area contributed by atoms with Gasteiger partial charge in [-0.15, -0.1) is 5.10 Å². The number of unbranched alkanes of at least 4 members (excludes halogenated alkanes) is 3. The van der Waals surface area contributed by atoms with Crippen molar-refractivity contribution in [1.29, 1.82) is 0 Å².